The van der Waals surface area contributed by atoms with Gasteiger partial charge in [-0.25, -0.2) is 9.48 Å². The summed E-state index contributed by atoms with van der Waals surface area (Å²) in [5, 5.41) is 13.9. The molecule has 1 atom stereocenters. The lowest BCUT2D eigenvalue weighted by molar-refractivity contribution is -0.119. The summed E-state index contributed by atoms with van der Waals surface area (Å²) < 4.78 is 6.41. The van der Waals surface area contributed by atoms with E-state index in [0.717, 1.165) is 5.56 Å². The molecule has 1 heterocycles. The Morgan fingerprint density at radius 3 is 2.67 bits per heavy atom. The second-order valence-corrected chi connectivity index (χ2v) is 5.79. The van der Waals surface area contributed by atoms with E-state index in [9.17, 15) is 9.59 Å². The number of carbonyl (C=O) groups is 2. The van der Waals surface area contributed by atoms with Crippen LogP contribution in [0.1, 0.15) is 28.9 Å². The summed E-state index contributed by atoms with van der Waals surface area (Å²) in [6, 6.07) is 15.6. The lowest BCUT2D eigenvalue weighted by Gasteiger charge is -2.16. The van der Waals surface area contributed by atoms with Gasteiger partial charge in [-0.3, -0.25) is 4.79 Å². The van der Waals surface area contributed by atoms with Crippen molar-refractivity contribution < 1.29 is 14.3 Å². The number of ether oxygens (including phenoxy) is 1. The van der Waals surface area contributed by atoms with Crippen molar-refractivity contribution in [3.05, 3.63) is 72.1 Å². The Bertz CT molecular complexity index is 897. The number of carbonyl (C=O) groups excluding carboxylic acids is 2. The fourth-order valence-corrected chi connectivity index (χ4v) is 2.62. The summed E-state index contributed by atoms with van der Waals surface area (Å²) in [7, 11) is 0. The molecule has 0 aliphatic heterocycles. The minimum absolute atomic E-state index is 0.285. The van der Waals surface area contributed by atoms with Crippen LogP contribution in [0.4, 0.5) is 5.69 Å². The van der Waals surface area contributed by atoms with Gasteiger partial charge in [0.25, 0.3) is 0 Å². The molecule has 0 fully saturated rings. The number of amides is 1. The number of nitrogens with zero attached hydrogens (tertiary/aromatic N) is 4. The van der Waals surface area contributed by atoms with E-state index in [1.807, 2.05) is 30.3 Å². The zero-order valence-electron chi connectivity index (χ0n) is 14.8. The molecule has 138 valence electrons. The predicted octanol–water partition coefficient (Wildman–Crippen LogP) is 2.27. The molecular weight excluding hydrogens is 346 g/mol. The van der Waals surface area contributed by atoms with Crippen LogP contribution >= 0.6 is 0 Å². The normalized spacial score (nSPS) is 11.6. The first kappa shape index (κ1) is 18.2. The van der Waals surface area contributed by atoms with Crippen molar-refractivity contribution >= 4 is 17.6 Å². The Labute approximate surface area is 156 Å². The topological polar surface area (TPSA) is 99.0 Å². The van der Waals surface area contributed by atoms with E-state index in [2.05, 4.69) is 20.8 Å². The van der Waals surface area contributed by atoms with Crippen LogP contribution in [-0.4, -0.2) is 38.7 Å². The van der Waals surface area contributed by atoms with E-state index in [1.165, 1.54) is 11.0 Å². The number of anilines is 1. The van der Waals surface area contributed by atoms with Gasteiger partial charge in [0, 0.05) is 12.1 Å². The summed E-state index contributed by atoms with van der Waals surface area (Å²) >= 11 is 0. The predicted molar refractivity (Wildman–Crippen MR) is 98.0 cm³/mol. The van der Waals surface area contributed by atoms with E-state index in [4.69, 9.17) is 4.74 Å². The van der Waals surface area contributed by atoms with E-state index >= 15 is 0 Å². The van der Waals surface area contributed by atoms with Gasteiger partial charge in [0.1, 0.15) is 12.4 Å². The van der Waals surface area contributed by atoms with Crippen LogP contribution < -0.4 is 5.32 Å². The van der Waals surface area contributed by atoms with E-state index in [1.54, 1.807) is 31.2 Å². The van der Waals surface area contributed by atoms with Crippen LogP contribution in [0.2, 0.25) is 0 Å². The Balaban J connectivity index is 1.79. The van der Waals surface area contributed by atoms with Crippen molar-refractivity contribution in [2.75, 3.05) is 11.9 Å². The Morgan fingerprint density at radius 1 is 1.15 bits per heavy atom. The number of rotatable bonds is 7. The van der Waals surface area contributed by atoms with Crippen molar-refractivity contribution in [2.45, 2.75) is 19.4 Å². The molecule has 0 radical (unpaired) electrons. The molecule has 3 aromatic rings. The monoisotopic (exact) mass is 365 g/mol. The summed E-state index contributed by atoms with van der Waals surface area (Å²) in [4.78, 5) is 24.8. The van der Waals surface area contributed by atoms with Gasteiger partial charge in [0.2, 0.25) is 5.91 Å². The van der Waals surface area contributed by atoms with E-state index in [0.29, 0.717) is 17.7 Å². The third-order valence-corrected chi connectivity index (χ3v) is 3.90. The first-order valence-corrected chi connectivity index (χ1v) is 8.52. The van der Waals surface area contributed by atoms with Crippen LogP contribution in [0.25, 0.3) is 0 Å². The first-order chi connectivity index (χ1) is 13.2. The maximum atomic E-state index is 12.9. The highest BCUT2D eigenvalue weighted by atomic mass is 16.5. The van der Waals surface area contributed by atoms with Crippen LogP contribution in [0.3, 0.4) is 0 Å². The zero-order chi connectivity index (χ0) is 19.1. The Morgan fingerprint density at radius 2 is 1.96 bits per heavy atom. The molecule has 1 unspecified atom stereocenters. The van der Waals surface area contributed by atoms with Gasteiger partial charge in [0.05, 0.1) is 12.2 Å². The Kier molecular flexibility index (Phi) is 5.88. The summed E-state index contributed by atoms with van der Waals surface area (Å²) in [6.45, 7) is 2.03. The van der Waals surface area contributed by atoms with Gasteiger partial charge in [-0.2, -0.15) is 0 Å². The second kappa shape index (κ2) is 8.70. The van der Waals surface area contributed by atoms with Gasteiger partial charge in [-0.05, 0) is 41.1 Å². The number of hydrogen-bond acceptors (Lipinski definition) is 6. The van der Waals surface area contributed by atoms with Gasteiger partial charge in [0.15, 0.2) is 0 Å². The van der Waals surface area contributed by atoms with Crippen molar-refractivity contribution in [1.82, 2.24) is 20.2 Å². The van der Waals surface area contributed by atoms with Crippen LogP contribution in [0.5, 0.6) is 0 Å². The number of hydrogen-bond donors (Lipinski definition) is 1. The lowest BCUT2D eigenvalue weighted by atomic mass is 10.1. The van der Waals surface area contributed by atoms with Crippen molar-refractivity contribution in [1.29, 1.82) is 0 Å². The number of tetrazole rings is 1. The van der Waals surface area contributed by atoms with Crippen molar-refractivity contribution in [2.24, 2.45) is 0 Å². The molecule has 2 aromatic carbocycles. The van der Waals surface area contributed by atoms with Gasteiger partial charge in [-0.15, -0.1) is 5.10 Å². The third-order valence-electron chi connectivity index (χ3n) is 3.90. The second-order valence-electron chi connectivity index (χ2n) is 5.79. The number of nitrogens with one attached hydrogen (secondary N) is 1. The number of esters is 1. The molecule has 0 aliphatic carbocycles. The van der Waals surface area contributed by atoms with Crippen LogP contribution in [0, 0.1) is 0 Å². The lowest BCUT2D eigenvalue weighted by Crippen LogP contribution is -2.28. The highest BCUT2D eigenvalue weighted by molar-refractivity contribution is 5.96. The number of benzene rings is 2. The first-order valence-electron chi connectivity index (χ1n) is 8.52. The molecule has 27 heavy (non-hydrogen) atoms. The van der Waals surface area contributed by atoms with Crippen molar-refractivity contribution in [3.8, 4) is 0 Å². The smallest absolute Gasteiger partial charge is 0.338 e. The van der Waals surface area contributed by atoms with Gasteiger partial charge in [-0.1, -0.05) is 36.4 Å². The molecule has 0 spiro atoms. The molecule has 3 rings (SSSR count). The highest BCUT2D eigenvalue weighted by Gasteiger charge is 2.22. The average molecular weight is 365 g/mol. The minimum atomic E-state index is -0.631. The van der Waals surface area contributed by atoms with Gasteiger partial charge < -0.3 is 10.1 Å². The largest absolute Gasteiger partial charge is 0.462 e. The van der Waals surface area contributed by atoms with E-state index < -0.39 is 12.0 Å². The van der Waals surface area contributed by atoms with E-state index in [-0.39, 0.29) is 12.5 Å². The molecule has 0 aliphatic rings. The molecule has 0 saturated carbocycles. The maximum Gasteiger partial charge on any atom is 0.338 e. The minimum Gasteiger partial charge on any atom is -0.462 e. The summed E-state index contributed by atoms with van der Waals surface area (Å²) in [5.74, 6) is -0.720. The Hall–Kier alpha value is -3.55. The standard InChI is InChI=1S/C19H19N5O3/c1-2-27-19(26)15-9-6-10-16(12-15)21-18(25)17(24-13-20-22-23-24)11-14-7-4-3-5-8-14/h3-10,12-13,17H,2,11H2,1H3,(H,21,25). The molecule has 0 saturated heterocycles. The molecule has 8 nitrogen and oxygen atoms in total. The molecule has 0 bridgehead atoms. The fourth-order valence-electron chi connectivity index (χ4n) is 2.62. The molecule has 1 amide bonds. The summed E-state index contributed by atoms with van der Waals surface area (Å²) in [6.07, 6.45) is 1.83. The fraction of sp³-hybridized carbons (Fsp3) is 0.211. The highest BCUT2D eigenvalue weighted by Crippen LogP contribution is 2.18. The molecule has 8 heteroatoms. The third kappa shape index (κ3) is 4.75. The van der Waals surface area contributed by atoms with Gasteiger partial charge >= 0.3 is 5.97 Å². The van der Waals surface area contributed by atoms with Crippen molar-refractivity contribution in [3.63, 3.8) is 0 Å². The number of aromatic nitrogens is 4. The summed E-state index contributed by atoms with van der Waals surface area (Å²) in [5.41, 5.74) is 1.85. The quantitative estimate of drug-likeness (QED) is 0.645. The zero-order valence-corrected chi connectivity index (χ0v) is 14.8. The maximum absolute atomic E-state index is 12.9. The van der Waals surface area contributed by atoms with Crippen LogP contribution in [-0.2, 0) is 16.0 Å². The SMILES string of the molecule is CCOC(=O)c1cccc(NC(=O)C(Cc2ccccc2)n2cnnn2)c1. The average Bonchev–Trinajstić information content (AvgIpc) is 3.21. The van der Waals surface area contributed by atoms with Crippen LogP contribution in [0.15, 0.2) is 60.9 Å². The molecule has 1 aromatic heterocycles. The molecular formula is C19H19N5O3. The molecule has 1 N–H and O–H groups in total.